The molecule has 2 aliphatic rings. The lowest BCUT2D eigenvalue weighted by atomic mass is 9.81. The molecule has 0 aromatic heterocycles. The molecule has 0 radical (unpaired) electrons. The third-order valence-corrected chi connectivity index (χ3v) is 3.17. The van der Waals surface area contributed by atoms with Crippen molar-refractivity contribution >= 4 is 0 Å². The van der Waals surface area contributed by atoms with Crippen LogP contribution in [0, 0.1) is 5.41 Å². The third kappa shape index (κ3) is 3.28. The van der Waals surface area contributed by atoms with Gasteiger partial charge in [-0.15, -0.1) is 0 Å². The highest BCUT2D eigenvalue weighted by atomic mass is 16.6. The van der Waals surface area contributed by atoms with E-state index in [9.17, 15) is 0 Å². The van der Waals surface area contributed by atoms with E-state index in [1.54, 1.807) is 0 Å². The van der Waals surface area contributed by atoms with Crippen LogP contribution in [0.15, 0.2) is 0 Å². The molecule has 2 saturated heterocycles. The molecule has 0 aromatic carbocycles. The molecule has 0 aliphatic carbocycles. The number of ether oxygens (including phenoxy) is 2. The Morgan fingerprint density at radius 2 is 1.69 bits per heavy atom. The van der Waals surface area contributed by atoms with Gasteiger partial charge in [-0.25, -0.2) is 0 Å². The van der Waals surface area contributed by atoms with Crippen LogP contribution in [0.1, 0.15) is 40.0 Å². The Hall–Kier alpha value is -0.0800. The van der Waals surface area contributed by atoms with E-state index in [1.165, 1.54) is 19.3 Å². The first kappa shape index (κ1) is 11.0. The average Bonchev–Trinajstić information content (AvgIpc) is 2.88. The summed E-state index contributed by atoms with van der Waals surface area (Å²) in [6, 6.07) is 0. The zero-order valence-corrected chi connectivity index (χ0v) is 9.14. The van der Waals surface area contributed by atoms with Gasteiger partial charge < -0.3 is 9.47 Å². The van der Waals surface area contributed by atoms with Crippen LogP contribution >= 0.6 is 0 Å². The lowest BCUT2D eigenvalue weighted by Gasteiger charge is -2.39. The molecule has 1 unspecified atom stereocenters. The highest BCUT2D eigenvalue weighted by molar-refractivity contribution is 4.82. The molecule has 0 amide bonds. The second kappa shape index (κ2) is 4.97. The van der Waals surface area contributed by atoms with E-state index in [-0.39, 0.29) is 0 Å². The number of epoxide rings is 1. The van der Waals surface area contributed by atoms with Crippen molar-refractivity contribution in [2.24, 2.45) is 5.41 Å². The minimum Gasteiger partial charge on any atom is -0.380 e. The Morgan fingerprint density at radius 3 is 1.69 bits per heavy atom. The van der Waals surface area contributed by atoms with Gasteiger partial charge in [0.25, 0.3) is 0 Å². The van der Waals surface area contributed by atoms with Crippen LogP contribution in [0.2, 0.25) is 0 Å². The topological polar surface area (TPSA) is 21.8 Å². The summed E-state index contributed by atoms with van der Waals surface area (Å²) in [7, 11) is 0. The van der Waals surface area contributed by atoms with Crippen LogP contribution in [-0.4, -0.2) is 25.9 Å². The van der Waals surface area contributed by atoms with Gasteiger partial charge in [-0.3, -0.25) is 0 Å². The summed E-state index contributed by atoms with van der Waals surface area (Å²) in [5.41, 5.74) is 0.583. The Morgan fingerprint density at radius 1 is 1.15 bits per heavy atom. The Bertz CT molecular complexity index is 124. The van der Waals surface area contributed by atoms with E-state index >= 15 is 0 Å². The third-order valence-electron chi connectivity index (χ3n) is 3.17. The zero-order valence-electron chi connectivity index (χ0n) is 9.14. The molecule has 2 aliphatic heterocycles. The molecule has 2 heteroatoms. The number of rotatable bonds is 3. The molecular weight excluding hydrogens is 164 g/mol. The van der Waals surface area contributed by atoms with Crippen LogP contribution in [-0.2, 0) is 9.47 Å². The summed E-state index contributed by atoms with van der Waals surface area (Å²) < 4.78 is 9.98. The van der Waals surface area contributed by atoms with Crippen molar-refractivity contribution in [2.45, 2.75) is 46.1 Å². The van der Waals surface area contributed by atoms with E-state index < -0.39 is 0 Å². The van der Waals surface area contributed by atoms with Crippen molar-refractivity contribution in [3.8, 4) is 0 Å². The van der Waals surface area contributed by atoms with Crippen LogP contribution < -0.4 is 0 Å². The van der Waals surface area contributed by atoms with Gasteiger partial charge >= 0.3 is 0 Å². The van der Waals surface area contributed by atoms with E-state index in [0.717, 1.165) is 19.8 Å². The first-order chi connectivity index (χ1) is 6.26. The minimum atomic E-state index is 0.583. The maximum absolute atomic E-state index is 5.12. The summed E-state index contributed by atoms with van der Waals surface area (Å²) in [4.78, 5) is 0. The smallest absolute Gasteiger partial charge is 0.0807 e. The molecule has 0 N–H and O–H groups in total. The quantitative estimate of drug-likeness (QED) is 0.632. The maximum atomic E-state index is 5.12. The van der Waals surface area contributed by atoms with Crippen LogP contribution in [0.25, 0.3) is 0 Å². The average molecular weight is 186 g/mol. The molecule has 78 valence electrons. The second-order valence-electron chi connectivity index (χ2n) is 4.06. The summed E-state index contributed by atoms with van der Waals surface area (Å²) in [6.45, 7) is 9.63. The summed E-state index contributed by atoms with van der Waals surface area (Å²) in [6.07, 6.45) is 4.39. The largest absolute Gasteiger partial charge is 0.380 e. The predicted molar refractivity (Wildman–Crippen MR) is 53.9 cm³/mol. The normalized spacial score (nSPS) is 28.4. The molecule has 0 bridgehead atoms. The van der Waals surface area contributed by atoms with E-state index in [1.807, 2.05) is 0 Å². The standard InChI is InChI=1S/C7H14O.C4H8O/c1-3-7(4-2)5-8-6-7;1-2-4-3-5-4/h3-6H2,1-2H3;4H,2-3H2,1H3. The fraction of sp³-hybridized carbons (Fsp3) is 1.00. The lowest BCUT2D eigenvalue weighted by Crippen LogP contribution is -2.41. The molecule has 13 heavy (non-hydrogen) atoms. The maximum Gasteiger partial charge on any atom is 0.0807 e. The van der Waals surface area contributed by atoms with Gasteiger partial charge in [0.1, 0.15) is 0 Å². The first-order valence-electron chi connectivity index (χ1n) is 5.45. The molecule has 0 spiro atoms. The predicted octanol–water partition coefficient (Wildman–Crippen LogP) is 2.62. The number of hydrogen-bond donors (Lipinski definition) is 0. The Kier molecular flexibility index (Phi) is 4.20. The van der Waals surface area contributed by atoms with E-state index in [0.29, 0.717) is 11.5 Å². The minimum absolute atomic E-state index is 0.583. The van der Waals surface area contributed by atoms with Crippen LogP contribution in [0.4, 0.5) is 0 Å². The highest BCUT2D eigenvalue weighted by Gasteiger charge is 2.34. The summed E-state index contributed by atoms with van der Waals surface area (Å²) in [5.74, 6) is 0. The number of hydrogen-bond acceptors (Lipinski definition) is 2. The van der Waals surface area contributed by atoms with Crippen molar-refractivity contribution in [1.82, 2.24) is 0 Å². The molecular formula is C11H22O2. The van der Waals surface area contributed by atoms with Gasteiger partial charge in [-0.05, 0) is 19.3 Å². The summed E-state index contributed by atoms with van der Waals surface area (Å²) >= 11 is 0. The first-order valence-corrected chi connectivity index (χ1v) is 5.45. The van der Waals surface area contributed by atoms with E-state index in [2.05, 4.69) is 20.8 Å². The van der Waals surface area contributed by atoms with Gasteiger partial charge in [-0.1, -0.05) is 20.8 Å². The van der Waals surface area contributed by atoms with Gasteiger partial charge in [0.05, 0.1) is 25.9 Å². The second-order valence-corrected chi connectivity index (χ2v) is 4.06. The fourth-order valence-corrected chi connectivity index (χ4v) is 1.35. The van der Waals surface area contributed by atoms with Gasteiger partial charge in [0, 0.05) is 5.41 Å². The molecule has 2 nitrogen and oxygen atoms in total. The molecule has 2 fully saturated rings. The van der Waals surface area contributed by atoms with E-state index in [4.69, 9.17) is 9.47 Å². The van der Waals surface area contributed by atoms with Crippen molar-refractivity contribution in [3.05, 3.63) is 0 Å². The Labute approximate surface area is 81.6 Å². The van der Waals surface area contributed by atoms with Crippen molar-refractivity contribution < 1.29 is 9.47 Å². The lowest BCUT2D eigenvalue weighted by molar-refractivity contribution is -0.116. The van der Waals surface area contributed by atoms with Crippen LogP contribution in [0.5, 0.6) is 0 Å². The zero-order chi connectivity index (χ0) is 9.73. The fourth-order valence-electron chi connectivity index (χ4n) is 1.35. The monoisotopic (exact) mass is 186 g/mol. The summed E-state index contributed by atoms with van der Waals surface area (Å²) in [5, 5.41) is 0. The van der Waals surface area contributed by atoms with Gasteiger partial charge in [-0.2, -0.15) is 0 Å². The molecule has 2 rings (SSSR count). The van der Waals surface area contributed by atoms with Crippen molar-refractivity contribution in [3.63, 3.8) is 0 Å². The van der Waals surface area contributed by atoms with Crippen molar-refractivity contribution in [1.29, 1.82) is 0 Å². The highest BCUT2D eigenvalue weighted by Crippen LogP contribution is 2.34. The molecule has 0 saturated carbocycles. The molecule has 2 heterocycles. The van der Waals surface area contributed by atoms with Gasteiger partial charge in [0.15, 0.2) is 0 Å². The Balaban J connectivity index is 0.000000145. The molecule has 0 aromatic rings. The van der Waals surface area contributed by atoms with Gasteiger partial charge in [0.2, 0.25) is 0 Å². The van der Waals surface area contributed by atoms with Crippen molar-refractivity contribution in [2.75, 3.05) is 19.8 Å². The molecule has 1 atom stereocenters. The SMILES string of the molecule is CCC1(CC)COC1.CCC1CO1. The van der Waals surface area contributed by atoms with Crippen LogP contribution in [0.3, 0.4) is 0 Å².